The van der Waals surface area contributed by atoms with Crippen LogP contribution < -0.4 is 4.90 Å². The Morgan fingerprint density at radius 2 is 2.25 bits per heavy atom. The lowest BCUT2D eigenvalue weighted by atomic mass is 10.1. The number of anilines is 1. The van der Waals surface area contributed by atoms with Gasteiger partial charge in [-0.25, -0.2) is 0 Å². The van der Waals surface area contributed by atoms with E-state index in [0.29, 0.717) is 18.7 Å². The topological polar surface area (TPSA) is 57.6 Å². The van der Waals surface area contributed by atoms with Gasteiger partial charge in [0.05, 0.1) is 6.61 Å². The highest BCUT2D eigenvalue weighted by Gasteiger charge is 2.31. The standard InChI is InChI=1S/C15H19NO3S/c1-10-3-4-12(8-17)5-14(10)16-7-13(6-15(16)19)9-20-11(2)18/h3-5,13,17H,6-9H2,1-2H3. The number of amides is 1. The van der Waals surface area contributed by atoms with Crippen LogP contribution in [0.4, 0.5) is 5.69 Å². The maximum absolute atomic E-state index is 12.2. The molecular formula is C15H19NO3S. The maximum Gasteiger partial charge on any atom is 0.227 e. The number of carbonyl (C=O) groups excluding carboxylic acids is 2. The van der Waals surface area contributed by atoms with Gasteiger partial charge < -0.3 is 10.0 Å². The van der Waals surface area contributed by atoms with Gasteiger partial charge in [-0.05, 0) is 30.0 Å². The van der Waals surface area contributed by atoms with Gasteiger partial charge in [-0.3, -0.25) is 9.59 Å². The van der Waals surface area contributed by atoms with Crippen molar-refractivity contribution in [3.63, 3.8) is 0 Å². The van der Waals surface area contributed by atoms with Gasteiger partial charge >= 0.3 is 0 Å². The third-order valence-corrected chi connectivity index (χ3v) is 4.52. The zero-order valence-electron chi connectivity index (χ0n) is 11.8. The molecule has 0 radical (unpaired) electrons. The quantitative estimate of drug-likeness (QED) is 0.924. The number of aliphatic hydroxyl groups excluding tert-OH is 1. The fraction of sp³-hybridized carbons (Fsp3) is 0.467. The average Bonchev–Trinajstić information content (AvgIpc) is 2.78. The predicted octanol–water partition coefficient (Wildman–Crippen LogP) is 2.12. The van der Waals surface area contributed by atoms with E-state index in [1.54, 1.807) is 11.8 Å². The summed E-state index contributed by atoms with van der Waals surface area (Å²) in [6.07, 6.45) is 0.489. The number of aryl methyl sites for hydroxylation is 1. The number of benzene rings is 1. The number of aliphatic hydroxyl groups is 1. The van der Waals surface area contributed by atoms with Gasteiger partial charge in [-0.15, -0.1) is 0 Å². The minimum Gasteiger partial charge on any atom is -0.392 e. The van der Waals surface area contributed by atoms with Gasteiger partial charge in [0.2, 0.25) is 5.91 Å². The van der Waals surface area contributed by atoms with Crippen LogP contribution in [0.3, 0.4) is 0 Å². The molecule has 0 aromatic heterocycles. The summed E-state index contributed by atoms with van der Waals surface area (Å²) in [5.74, 6) is 1.00. The van der Waals surface area contributed by atoms with Gasteiger partial charge in [0.25, 0.3) is 0 Å². The van der Waals surface area contributed by atoms with Crippen molar-refractivity contribution in [2.45, 2.75) is 26.9 Å². The Balaban J connectivity index is 2.13. The third kappa shape index (κ3) is 3.41. The van der Waals surface area contributed by atoms with E-state index in [1.165, 1.54) is 11.8 Å². The Labute approximate surface area is 123 Å². The molecule has 1 heterocycles. The first-order valence-corrected chi connectivity index (χ1v) is 7.64. The van der Waals surface area contributed by atoms with Crippen LogP contribution >= 0.6 is 11.8 Å². The minimum atomic E-state index is -0.0288. The molecule has 1 aliphatic rings. The molecule has 0 bridgehead atoms. The summed E-state index contributed by atoms with van der Waals surface area (Å²) in [6.45, 7) is 4.13. The predicted molar refractivity (Wildman–Crippen MR) is 80.7 cm³/mol. The fourth-order valence-corrected chi connectivity index (χ4v) is 3.10. The molecule has 0 saturated carbocycles. The molecule has 0 spiro atoms. The lowest BCUT2D eigenvalue weighted by molar-refractivity contribution is -0.117. The summed E-state index contributed by atoms with van der Waals surface area (Å²) in [5, 5.41) is 9.31. The van der Waals surface area contributed by atoms with Crippen molar-refractivity contribution in [2.24, 2.45) is 5.92 Å². The van der Waals surface area contributed by atoms with Crippen molar-refractivity contribution in [2.75, 3.05) is 17.2 Å². The molecule has 1 atom stereocenters. The van der Waals surface area contributed by atoms with Crippen LogP contribution in [-0.2, 0) is 16.2 Å². The van der Waals surface area contributed by atoms with Crippen molar-refractivity contribution >= 4 is 28.5 Å². The zero-order valence-corrected chi connectivity index (χ0v) is 12.6. The van der Waals surface area contributed by atoms with Crippen LogP contribution in [0.1, 0.15) is 24.5 Å². The number of rotatable bonds is 4. The summed E-state index contributed by atoms with van der Waals surface area (Å²) < 4.78 is 0. The van der Waals surface area contributed by atoms with Crippen LogP contribution in [0.15, 0.2) is 18.2 Å². The van der Waals surface area contributed by atoms with E-state index in [1.807, 2.05) is 25.1 Å². The highest BCUT2D eigenvalue weighted by atomic mass is 32.2. The van der Waals surface area contributed by atoms with E-state index in [4.69, 9.17) is 0 Å². The summed E-state index contributed by atoms with van der Waals surface area (Å²) >= 11 is 1.28. The van der Waals surface area contributed by atoms with Crippen molar-refractivity contribution in [1.29, 1.82) is 0 Å². The van der Waals surface area contributed by atoms with E-state index < -0.39 is 0 Å². The summed E-state index contributed by atoms with van der Waals surface area (Å²) in [6, 6.07) is 5.65. The second kappa shape index (κ2) is 6.41. The monoisotopic (exact) mass is 293 g/mol. The Morgan fingerprint density at radius 1 is 1.50 bits per heavy atom. The van der Waals surface area contributed by atoms with Crippen LogP contribution in [-0.4, -0.2) is 28.4 Å². The lowest BCUT2D eigenvalue weighted by Gasteiger charge is -2.20. The minimum absolute atomic E-state index is 0.0288. The van der Waals surface area contributed by atoms with E-state index in [-0.39, 0.29) is 23.5 Å². The van der Waals surface area contributed by atoms with E-state index in [0.717, 1.165) is 16.8 Å². The molecule has 1 saturated heterocycles. The highest BCUT2D eigenvalue weighted by Crippen LogP contribution is 2.30. The zero-order chi connectivity index (χ0) is 14.7. The highest BCUT2D eigenvalue weighted by molar-refractivity contribution is 8.13. The molecule has 108 valence electrons. The molecule has 0 aliphatic carbocycles. The van der Waals surface area contributed by atoms with Crippen LogP contribution in [0.2, 0.25) is 0 Å². The van der Waals surface area contributed by atoms with Crippen LogP contribution in [0.25, 0.3) is 0 Å². The fourth-order valence-electron chi connectivity index (χ4n) is 2.41. The molecule has 20 heavy (non-hydrogen) atoms. The first kappa shape index (κ1) is 15.1. The average molecular weight is 293 g/mol. The lowest BCUT2D eigenvalue weighted by Crippen LogP contribution is -2.25. The van der Waals surface area contributed by atoms with Gasteiger partial charge in [0.1, 0.15) is 0 Å². The Hall–Kier alpha value is -1.33. The van der Waals surface area contributed by atoms with E-state index in [9.17, 15) is 14.7 Å². The first-order valence-electron chi connectivity index (χ1n) is 6.65. The second-order valence-electron chi connectivity index (χ2n) is 5.16. The van der Waals surface area contributed by atoms with Gasteiger partial charge in [-0.2, -0.15) is 0 Å². The van der Waals surface area contributed by atoms with Crippen LogP contribution in [0, 0.1) is 12.8 Å². The molecule has 1 aliphatic heterocycles. The molecular weight excluding hydrogens is 274 g/mol. The molecule has 1 unspecified atom stereocenters. The third-order valence-electron chi connectivity index (χ3n) is 3.47. The molecule has 1 amide bonds. The molecule has 1 aromatic rings. The largest absolute Gasteiger partial charge is 0.392 e. The van der Waals surface area contributed by atoms with Gasteiger partial charge in [0.15, 0.2) is 5.12 Å². The Kier molecular flexibility index (Phi) is 4.83. The number of carbonyl (C=O) groups is 2. The SMILES string of the molecule is CC(=O)SCC1CC(=O)N(c2cc(CO)ccc2C)C1. The van der Waals surface area contributed by atoms with Crippen molar-refractivity contribution in [3.8, 4) is 0 Å². The maximum atomic E-state index is 12.2. The molecule has 1 fully saturated rings. The molecule has 1 aromatic carbocycles. The number of thioether (sulfide) groups is 1. The normalized spacial score (nSPS) is 18.6. The molecule has 1 N–H and O–H groups in total. The van der Waals surface area contributed by atoms with Crippen molar-refractivity contribution in [3.05, 3.63) is 29.3 Å². The van der Waals surface area contributed by atoms with Crippen molar-refractivity contribution in [1.82, 2.24) is 0 Å². The summed E-state index contributed by atoms with van der Waals surface area (Å²) in [4.78, 5) is 24.9. The summed E-state index contributed by atoms with van der Waals surface area (Å²) in [5.41, 5.74) is 2.70. The Morgan fingerprint density at radius 3 is 2.90 bits per heavy atom. The molecule has 5 heteroatoms. The van der Waals surface area contributed by atoms with Crippen molar-refractivity contribution < 1.29 is 14.7 Å². The molecule has 4 nitrogen and oxygen atoms in total. The molecule has 2 rings (SSSR count). The smallest absolute Gasteiger partial charge is 0.227 e. The summed E-state index contributed by atoms with van der Waals surface area (Å²) in [7, 11) is 0. The number of nitrogens with zero attached hydrogens (tertiary/aromatic N) is 1. The van der Waals surface area contributed by atoms with Gasteiger partial charge in [-0.1, -0.05) is 23.9 Å². The van der Waals surface area contributed by atoms with E-state index in [2.05, 4.69) is 0 Å². The second-order valence-corrected chi connectivity index (χ2v) is 6.35. The van der Waals surface area contributed by atoms with Crippen LogP contribution in [0.5, 0.6) is 0 Å². The number of hydrogen-bond acceptors (Lipinski definition) is 4. The number of hydrogen-bond donors (Lipinski definition) is 1. The first-order chi connectivity index (χ1) is 9.51. The Bertz CT molecular complexity index is 530. The van der Waals surface area contributed by atoms with E-state index >= 15 is 0 Å². The van der Waals surface area contributed by atoms with Gasteiger partial charge in [0, 0.05) is 31.3 Å².